The molecule has 17 heteroatoms. The minimum Gasteiger partial charge on any atom is -0.491 e. The number of aromatic hydroxyl groups is 1. The molecule has 0 saturated heterocycles. The Labute approximate surface area is 295 Å². The van der Waals surface area contributed by atoms with E-state index in [1.165, 1.54) is 62.6 Å². The fourth-order valence-corrected chi connectivity index (χ4v) is 9.74. The third kappa shape index (κ3) is 11.8. The van der Waals surface area contributed by atoms with Crippen molar-refractivity contribution in [2.75, 3.05) is 18.1 Å². The highest BCUT2D eigenvalue weighted by Gasteiger charge is 2.54. The predicted molar refractivity (Wildman–Crippen MR) is 187 cm³/mol. The fraction of sp³-hybridized carbons (Fsp3) is 0.606. The Balaban J connectivity index is 1.96. The van der Waals surface area contributed by atoms with Crippen molar-refractivity contribution in [1.82, 2.24) is 15.3 Å². The van der Waals surface area contributed by atoms with Crippen LogP contribution < -0.4 is 10.5 Å². The Hall–Kier alpha value is -2.89. The lowest BCUT2D eigenvalue weighted by Gasteiger charge is -2.30. The number of nitrogens with one attached hydrogen (secondary N) is 1. The summed E-state index contributed by atoms with van der Waals surface area (Å²) in [5.74, 6) is -5.16. The Morgan fingerprint density at radius 1 is 0.900 bits per heavy atom. The number of halogens is 4. The molecule has 1 amide bonds. The van der Waals surface area contributed by atoms with Gasteiger partial charge in [-0.3, -0.25) is 4.79 Å². The van der Waals surface area contributed by atoms with Gasteiger partial charge in [0.2, 0.25) is 26.6 Å². The van der Waals surface area contributed by atoms with E-state index < -0.39 is 79.3 Å². The van der Waals surface area contributed by atoms with Crippen LogP contribution in [-0.2, 0) is 29.4 Å². The zero-order chi connectivity index (χ0) is 37.0. The number of carbonyl (C=O) groups excluding carboxylic acids is 1. The minimum atomic E-state index is -4.94. The molecule has 2 aromatic heterocycles. The first kappa shape index (κ1) is 41.5. The van der Waals surface area contributed by atoms with E-state index in [1.807, 2.05) is 0 Å². The minimum absolute atomic E-state index is 0.0179. The highest BCUT2D eigenvalue weighted by Crippen LogP contribution is 2.43. The lowest BCUT2D eigenvalue weighted by atomic mass is 9.98. The van der Waals surface area contributed by atoms with Gasteiger partial charge in [-0.15, -0.1) is 11.3 Å². The summed E-state index contributed by atoms with van der Waals surface area (Å²) in [7, 11) is -9.01. The van der Waals surface area contributed by atoms with Crippen LogP contribution in [-0.4, -0.2) is 62.0 Å². The maximum atomic E-state index is 14.7. The standard InChI is InChI=1S/C33H46F4N4O6S3/c1-2-3-4-5-6-7-8-9-10-11-12-13-17-32(30(43)40-20-22-50(38,46)47,49(44,45)21-18-33(35,36)37)31-41-26-15-14-24(23-27(26)48-31)25-16-19-39-29(42)28(25)34/h14-16,19,23H,2-13,17-18,20-22H2,1H3,(H,39,42)(H,40,43)(H2,38,46,47). The molecule has 1 aromatic carbocycles. The number of pyridine rings is 1. The summed E-state index contributed by atoms with van der Waals surface area (Å²) >= 11 is 0.759. The molecule has 0 aliphatic rings. The van der Waals surface area contributed by atoms with E-state index in [-0.39, 0.29) is 28.1 Å². The van der Waals surface area contributed by atoms with E-state index in [9.17, 15) is 44.3 Å². The van der Waals surface area contributed by atoms with Crippen LogP contribution in [0.15, 0.2) is 30.5 Å². The van der Waals surface area contributed by atoms with Gasteiger partial charge >= 0.3 is 6.18 Å². The van der Waals surface area contributed by atoms with Crippen molar-refractivity contribution in [1.29, 1.82) is 0 Å². The van der Waals surface area contributed by atoms with Gasteiger partial charge in [-0.1, -0.05) is 90.0 Å². The average Bonchev–Trinajstić information content (AvgIpc) is 3.46. The Morgan fingerprint density at radius 2 is 1.50 bits per heavy atom. The summed E-state index contributed by atoms with van der Waals surface area (Å²) in [4.78, 5) is 21.9. The van der Waals surface area contributed by atoms with E-state index in [0.29, 0.717) is 11.1 Å². The van der Waals surface area contributed by atoms with Crippen molar-refractivity contribution in [3.8, 4) is 17.0 Å². The molecule has 50 heavy (non-hydrogen) atoms. The predicted octanol–water partition coefficient (Wildman–Crippen LogP) is 7.26. The van der Waals surface area contributed by atoms with E-state index in [4.69, 9.17) is 5.14 Å². The molecule has 0 bridgehead atoms. The van der Waals surface area contributed by atoms with E-state index in [1.54, 1.807) is 0 Å². The van der Waals surface area contributed by atoms with E-state index in [0.717, 1.165) is 43.4 Å². The molecule has 2 heterocycles. The molecule has 280 valence electrons. The van der Waals surface area contributed by atoms with Gasteiger partial charge in [-0.25, -0.2) is 36.3 Å². The SMILES string of the molecule is CCCCCCCCCCCCCCC(C(=O)NCCS(N)(=O)=O)(c1nc2ccc(-c3ccnc(O)c3F)cc2s1)S(=O)(=O)CCC(F)(F)F. The zero-order valence-corrected chi connectivity index (χ0v) is 30.6. The summed E-state index contributed by atoms with van der Waals surface area (Å²) in [6.45, 7) is 1.59. The summed E-state index contributed by atoms with van der Waals surface area (Å²) in [5, 5.41) is 16.8. The fourth-order valence-electron chi connectivity index (χ4n) is 5.76. The maximum absolute atomic E-state index is 14.7. The third-order valence-corrected chi connectivity index (χ3v) is 13.0. The van der Waals surface area contributed by atoms with Crippen LogP contribution in [0.1, 0.15) is 102 Å². The smallest absolute Gasteiger partial charge is 0.390 e. The van der Waals surface area contributed by atoms with Crippen LogP contribution in [0, 0.1) is 5.82 Å². The van der Waals surface area contributed by atoms with Crippen LogP contribution in [0.2, 0.25) is 0 Å². The summed E-state index contributed by atoms with van der Waals surface area (Å²) in [6, 6.07) is 5.68. The van der Waals surface area contributed by atoms with Crippen LogP contribution in [0.5, 0.6) is 5.88 Å². The average molecular weight is 767 g/mol. The highest BCUT2D eigenvalue weighted by atomic mass is 32.2. The number of hydrogen-bond donors (Lipinski definition) is 3. The molecule has 0 aliphatic carbocycles. The van der Waals surface area contributed by atoms with Gasteiger partial charge in [-0.2, -0.15) is 13.2 Å². The first-order chi connectivity index (χ1) is 23.5. The lowest BCUT2D eigenvalue weighted by molar-refractivity contribution is -0.130. The first-order valence-corrected chi connectivity index (χ1v) is 21.0. The maximum Gasteiger partial charge on any atom is 0.390 e. The number of primary sulfonamides is 1. The molecule has 0 radical (unpaired) electrons. The van der Waals surface area contributed by atoms with Crippen LogP contribution >= 0.6 is 11.3 Å². The number of alkyl halides is 3. The number of amides is 1. The van der Waals surface area contributed by atoms with Gasteiger partial charge in [0.1, 0.15) is 5.01 Å². The normalized spacial score (nSPS) is 13.8. The molecule has 3 rings (SSSR count). The number of sulfonamides is 1. The van der Waals surface area contributed by atoms with Gasteiger partial charge in [0.05, 0.1) is 28.1 Å². The molecule has 0 saturated carbocycles. The quantitative estimate of drug-likeness (QED) is 0.0709. The van der Waals surface area contributed by atoms with Gasteiger partial charge in [0.25, 0.3) is 0 Å². The van der Waals surface area contributed by atoms with Crippen molar-refractivity contribution in [2.45, 2.75) is 108 Å². The molecule has 1 unspecified atom stereocenters. The number of rotatable bonds is 22. The van der Waals surface area contributed by atoms with Crippen molar-refractivity contribution in [2.24, 2.45) is 5.14 Å². The summed E-state index contributed by atoms with van der Waals surface area (Å²) in [5.41, 5.74) is 0.456. The molecule has 0 spiro atoms. The number of nitrogens with two attached hydrogens (primary N) is 1. The lowest BCUT2D eigenvalue weighted by Crippen LogP contribution is -2.52. The van der Waals surface area contributed by atoms with Crippen LogP contribution in [0.25, 0.3) is 21.3 Å². The van der Waals surface area contributed by atoms with Crippen LogP contribution in [0.4, 0.5) is 17.6 Å². The molecule has 1 atom stereocenters. The number of benzene rings is 1. The van der Waals surface area contributed by atoms with Crippen molar-refractivity contribution in [3.63, 3.8) is 0 Å². The van der Waals surface area contributed by atoms with Crippen LogP contribution in [0.3, 0.4) is 0 Å². The number of aromatic nitrogens is 2. The second-order valence-electron chi connectivity index (χ2n) is 12.5. The monoisotopic (exact) mass is 766 g/mol. The molecule has 3 aromatic rings. The van der Waals surface area contributed by atoms with Crippen molar-refractivity contribution in [3.05, 3.63) is 41.3 Å². The summed E-state index contributed by atoms with van der Waals surface area (Å²) < 4.78 is 104. The topological polar surface area (TPSA) is 169 Å². The first-order valence-electron chi connectivity index (χ1n) is 16.8. The zero-order valence-electron chi connectivity index (χ0n) is 28.1. The van der Waals surface area contributed by atoms with Gasteiger partial charge < -0.3 is 10.4 Å². The van der Waals surface area contributed by atoms with Gasteiger partial charge in [0, 0.05) is 18.3 Å². The highest BCUT2D eigenvalue weighted by molar-refractivity contribution is 7.93. The molecular weight excluding hydrogens is 721 g/mol. The third-order valence-electron chi connectivity index (χ3n) is 8.52. The number of carbonyl (C=O) groups is 1. The van der Waals surface area contributed by atoms with E-state index >= 15 is 0 Å². The molecule has 4 N–H and O–H groups in total. The number of unbranched alkanes of at least 4 members (excludes halogenated alkanes) is 11. The molecular formula is C33H46F4N4O6S3. The number of sulfone groups is 1. The Morgan fingerprint density at radius 3 is 2.08 bits per heavy atom. The summed E-state index contributed by atoms with van der Waals surface area (Å²) in [6.07, 6.45) is 5.65. The Kier molecular flexibility index (Phi) is 15.4. The van der Waals surface area contributed by atoms with E-state index in [2.05, 4.69) is 22.2 Å². The number of fused-ring (bicyclic) bond motifs is 1. The largest absolute Gasteiger partial charge is 0.491 e. The van der Waals surface area contributed by atoms with Crippen molar-refractivity contribution >= 4 is 47.3 Å². The van der Waals surface area contributed by atoms with Crippen molar-refractivity contribution < 1.29 is 44.3 Å². The van der Waals surface area contributed by atoms with Gasteiger partial charge in [-0.05, 0) is 30.2 Å². The Bertz CT molecular complexity index is 1790. The number of hydrogen-bond acceptors (Lipinski definition) is 9. The van der Waals surface area contributed by atoms with Gasteiger partial charge in [0.15, 0.2) is 15.7 Å². The second kappa shape index (κ2) is 18.6. The second-order valence-corrected chi connectivity index (χ2v) is 17.6. The molecule has 0 fully saturated rings. The molecule has 0 aliphatic heterocycles. The molecule has 10 nitrogen and oxygen atoms in total. The number of thiazole rings is 1. The number of nitrogens with zero attached hydrogens (tertiary/aromatic N) is 2.